The smallest absolute Gasteiger partial charge is 0.269 e. The van der Waals surface area contributed by atoms with Gasteiger partial charge in [-0.15, -0.1) is 6.58 Å². The molecule has 0 saturated carbocycles. The zero-order valence-electron chi connectivity index (χ0n) is 14.1. The van der Waals surface area contributed by atoms with E-state index in [2.05, 4.69) is 20.4 Å². The largest absolute Gasteiger partial charge is 0.375 e. The molecule has 0 aliphatic carbocycles. The molecule has 0 radical (unpaired) electrons. The maximum absolute atomic E-state index is 14.5. The van der Waals surface area contributed by atoms with Crippen molar-refractivity contribution in [1.82, 2.24) is 0 Å². The molecule has 0 aliphatic heterocycles. The lowest BCUT2D eigenvalue weighted by Gasteiger charge is -2.29. The number of halogens is 1. The van der Waals surface area contributed by atoms with Crippen molar-refractivity contribution in [2.45, 2.75) is 96.6 Å². The topological polar surface area (TPSA) is 9.23 Å². The second kappa shape index (κ2) is 11.5. The number of unbranched alkanes of at least 4 members (excludes halogenated alkanes) is 4. The summed E-state index contributed by atoms with van der Waals surface area (Å²) in [6.45, 7) is 11.8. The summed E-state index contributed by atoms with van der Waals surface area (Å²) in [7, 11) is -2.73. The van der Waals surface area contributed by atoms with Gasteiger partial charge in [0.05, 0.1) is 11.8 Å². The first-order valence-electron chi connectivity index (χ1n) is 8.40. The summed E-state index contributed by atoms with van der Waals surface area (Å²) in [4.78, 5) is 0. The minimum absolute atomic E-state index is 0.152. The van der Waals surface area contributed by atoms with Gasteiger partial charge >= 0.3 is 0 Å². The molecule has 0 amide bonds. The highest BCUT2D eigenvalue weighted by Gasteiger charge is 2.34. The van der Waals surface area contributed by atoms with E-state index in [9.17, 15) is 4.11 Å². The van der Waals surface area contributed by atoms with Crippen LogP contribution < -0.4 is 0 Å². The van der Waals surface area contributed by atoms with E-state index < -0.39 is 8.41 Å². The molecule has 0 aromatic carbocycles. The Morgan fingerprint density at radius 2 is 1.60 bits per heavy atom. The lowest BCUT2D eigenvalue weighted by Crippen LogP contribution is -2.41. The Morgan fingerprint density at radius 1 is 1.05 bits per heavy atom. The molecule has 2 atom stereocenters. The quantitative estimate of drug-likeness (QED) is 0.170. The summed E-state index contributed by atoms with van der Waals surface area (Å²) in [6.07, 6.45) is 11.9. The van der Waals surface area contributed by atoms with Crippen molar-refractivity contribution in [3.8, 4) is 0 Å². The molecule has 0 rings (SSSR count). The van der Waals surface area contributed by atoms with E-state index in [1.165, 1.54) is 32.1 Å². The Labute approximate surface area is 127 Å². The van der Waals surface area contributed by atoms with Crippen LogP contribution in [0.25, 0.3) is 0 Å². The van der Waals surface area contributed by atoms with Crippen LogP contribution in [0.3, 0.4) is 0 Å². The Bertz CT molecular complexity index is 238. The molecule has 120 valence electrons. The average Bonchev–Trinajstić information content (AvgIpc) is 2.37. The fourth-order valence-electron chi connectivity index (χ4n) is 2.43. The zero-order chi connectivity index (χ0) is 15.4. The fourth-order valence-corrected chi connectivity index (χ4v) is 3.84. The molecule has 1 nitrogen and oxygen atoms in total. The van der Waals surface area contributed by atoms with Gasteiger partial charge in [0.1, 0.15) is 0 Å². The Kier molecular flexibility index (Phi) is 11.4. The number of hydrogen-bond donors (Lipinski definition) is 0. The van der Waals surface area contributed by atoms with Crippen molar-refractivity contribution in [3.05, 3.63) is 12.7 Å². The predicted molar refractivity (Wildman–Crippen MR) is 90.3 cm³/mol. The van der Waals surface area contributed by atoms with Crippen molar-refractivity contribution in [1.29, 1.82) is 0 Å². The maximum Gasteiger partial charge on any atom is 0.269 e. The van der Waals surface area contributed by atoms with Crippen LogP contribution in [0.5, 0.6) is 0 Å². The highest BCUT2D eigenvalue weighted by Crippen LogP contribution is 2.24. The summed E-state index contributed by atoms with van der Waals surface area (Å²) in [5, 5.41) is 0. The van der Waals surface area contributed by atoms with E-state index in [4.69, 9.17) is 4.74 Å². The van der Waals surface area contributed by atoms with Gasteiger partial charge in [0.15, 0.2) is 0 Å². The Balaban J connectivity index is 4.41. The predicted octanol–water partition coefficient (Wildman–Crippen LogP) is 6.19. The normalized spacial score (nSPS) is 15.1. The number of hydrogen-bond acceptors (Lipinski definition) is 1. The first-order chi connectivity index (χ1) is 9.45. The third kappa shape index (κ3) is 9.70. The summed E-state index contributed by atoms with van der Waals surface area (Å²) < 4.78 is 20.6. The minimum atomic E-state index is -2.73. The Morgan fingerprint density at radius 3 is 2.05 bits per heavy atom. The summed E-state index contributed by atoms with van der Waals surface area (Å²) >= 11 is 0. The molecule has 0 heterocycles. The van der Waals surface area contributed by atoms with Gasteiger partial charge < -0.3 is 8.84 Å². The maximum atomic E-state index is 14.5. The molecular formula is C17H35FOSi. The van der Waals surface area contributed by atoms with E-state index >= 15 is 0 Å². The molecule has 0 aliphatic rings. The first-order valence-corrected chi connectivity index (χ1v) is 11.4. The molecule has 0 aromatic rings. The van der Waals surface area contributed by atoms with Crippen molar-refractivity contribution < 1.29 is 8.84 Å². The van der Waals surface area contributed by atoms with Gasteiger partial charge in [-0.1, -0.05) is 58.4 Å². The van der Waals surface area contributed by atoms with Crippen molar-refractivity contribution >= 4 is 8.41 Å². The molecule has 0 fully saturated rings. The van der Waals surface area contributed by atoms with Gasteiger partial charge in [-0.3, -0.25) is 0 Å². The molecular weight excluding hydrogens is 267 g/mol. The van der Waals surface area contributed by atoms with Gasteiger partial charge in [-0.05, 0) is 32.4 Å². The Hall–Kier alpha value is -0.153. The first kappa shape index (κ1) is 19.8. The van der Waals surface area contributed by atoms with Crippen LogP contribution in [0.2, 0.25) is 13.1 Å². The summed E-state index contributed by atoms with van der Waals surface area (Å²) in [5.41, 5.74) is -0.152. The zero-order valence-corrected chi connectivity index (χ0v) is 15.1. The van der Waals surface area contributed by atoms with Crippen LogP contribution in [0.1, 0.15) is 71.6 Å². The van der Waals surface area contributed by atoms with E-state index in [0.717, 1.165) is 25.7 Å². The molecule has 0 N–H and O–H groups in total. The molecule has 20 heavy (non-hydrogen) atoms. The highest BCUT2D eigenvalue weighted by atomic mass is 28.4. The SMILES string of the molecule is C=CC[C@H](CCCCC)O[C@H](CCCCC)[Si](C)(C)F. The molecule has 0 unspecified atom stereocenters. The second-order valence-corrected chi connectivity index (χ2v) is 10.1. The van der Waals surface area contributed by atoms with Crippen LogP contribution in [-0.2, 0) is 4.74 Å². The molecule has 0 aromatic heterocycles. The van der Waals surface area contributed by atoms with Gasteiger partial charge in [-0.25, -0.2) is 0 Å². The molecule has 3 heteroatoms. The third-order valence-electron chi connectivity index (χ3n) is 3.75. The molecule has 0 bridgehead atoms. The van der Waals surface area contributed by atoms with E-state index in [0.29, 0.717) is 0 Å². The van der Waals surface area contributed by atoms with E-state index in [1.807, 2.05) is 6.08 Å². The van der Waals surface area contributed by atoms with Crippen LogP contribution in [0.15, 0.2) is 12.7 Å². The van der Waals surface area contributed by atoms with Gasteiger partial charge in [0.25, 0.3) is 8.41 Å². The number of ether oxygens (including phenoxy) is 1. The van der Waals surface area contributed by atoms with E-state index in [1.54, 1.807) is 13.1 Å². The standard InChI is InChI=1S/C17H35FOSi/c1-6-9-11-14-16(13-8-3)19-17(20(4,5)18)15-12-10-7-2/h8,16-17H,3,6-7,9-15H2,1-2,4-5H3/t16-,17+/m1/s1. The van der Waals surface area contributed by atoms with Crippen LogP contribution in [0.4, 0.5) is 4.11 Å². The van der Waals surface area contributed by atoms with E-state index in [-0.39, 0.29) is 11.8 Å². The van der Waals surface area contributed by atoms with Crippen molar-refractivity contribution in [2.24, 2.45) is 0 Å². The molecule has 0 saturated heterocycles. The minimum Gasteiger partial charge on any atom is -0.375 e. The lowest BCUT2D eigenvalue weighted by atomic mass is 10.1. The second-order valence-electron chi connectivity index (χ2n) is 6.33. The summed E-state index contributed by atoms with van der Waals surface area (Å²) in [6, 6.07) is 0. The van der Waals surface area contributed by atoms with Crippen LogP contribution >= 0.6 is 0 Å². The fraction of sp³-hybridized carbons (Fsp3) is 0.882. The highest BCUT2D eigenvalue weighted by molar-refractivity contribution is 6.71. The van der Waals surface area contributed by atoms with Gasteiger partial charge in [0, 0.05) is 0 Å². The molecule has 0 spiro atoms. The van der Waals surface area contributed by atoms with Crippen LogP contribution in [-0.4, -0.2) is 20.2 Å². The van der Waals surface area contributed by atoms with Gasteiger partial charge in [0.2, 0.25) is 0 Å². The van der Waals surface area contributed by atoms with Crippen LogP contribution in [0, 0.1) is 0 Å². The third-order valence-corrected chi connectivity index (χ3v) is 5.71. The van der Waals surface area contributed by atoms with Gasteiger partial charge in [-0.2, -0.15) is 0 Å². The average molecular weight is 303 g/mol. The van der Waals surface area contributed by atoms with Crippen molar-refractivity contribution in [3.63, 3.8) is 0 Å². The lowest BCUT2D eigenvalue weighted by molar-refractivity contribution is 0.0117. The number of rotatable bonds is 13. The monoisotopic (exact) mass is 302 g/mol. The summed E-state index contributed by atoms with van der Waals surface area (Å²) in [5.74, 6) is 0. The van der Waals surface area contributed by atoms with Crippen molar-refractivity contribution in [2.75, 3.05) is 0 Å².